The summed E-state index contributed by atoms with van der Waals surface area (Å²) >= 11 is 6.63. The minimum atomic E-state index is -4.56. The molecule has 0 aliphatic carbocycles. The van der Waals surface area contributed by atoms with Gasteiger partial charge in [0.25, 0.3) is 11.1 Å². The molecule has 5 rings (SSSR count). The van der Waals surface area contributed by atoms with Gasteiger partial charge >= 0.3 is 12.3 Å². The van der Waals surface area contributed by atoms with E-state index < -0.39 is 29.3 Å². The van der Waals surface area contributed by atoms with Crippen LogP contribution in [0.5, 0.6) is 0 Å². The van der Waals surface area contributed by atoms with Crippen molar-refractivity contribution in [3.63, 3.8) is 0 Å². The first-order valence-corrected chi connectivity index (χ1v) is 13.9. The molecule has 0 bridgehead atoms. The minimum absolute atomic E-state index is 0.00378. The van der Waals surface area contributed by atoms with Gasteiger partial charge in [0.15, 0.2) is 0 Å². The number of rotatable bonds is 5. The molecular formula is C28H26ClF3N4O4S. The number of carbonyl (C=O) groups excluding carboxylic acids is 3. The second kappa shape index (κ2) is 10.7. The predicted octanol–water partition coefficient (Wildman–Crippen LogP) is 6.66. The van der Waals surface area contributed by atoms with Gasteiger partial charge in [0.05, 0.1) is 28.7 Å². The van der Waals surface area contributed by atoms with Gasteiger partial charge < -0.3 is 9.64 Å². The predicted molar refractivity (Wildman–Crippen MR) is 149 cm³/mol. The number of ether oxygens (including phenoxy) is 1. The average Bonchev–Trinajstić information content (AvgIpc) is 3.34. The van der Waals surface area contributed by atoms with Crippen molar-refractivity contribution in [1.29, 1.82) is 0 Å². The molecule has 2 aromatic carbocycles. The number of halogens is 4. The number of fused-ring (bicyclic) bond motifs is 1. The Morgan fingerprint density at radius 1 is 1.15 bits per heavy atom. The van der Waals surface area contributed by atoms with Gasteiger partial charge in [-0.15, -0.1) is 0 Å². The highest BCUT2D eigenvalue weighted by molar-refractivity contribution is 8.18. The van der Waals surface area contributed by atoms with Gasteiger partial charge in [-0.05, 0) is 74.0 Å². The summed E-state index contributed by atoms with van der Waals surface area (Å²) in [7, 11) is 0. The molecule has 216 valence electrons. The van der Waals surface area contributed by atoms with Crippen molar-refractivity contribution in [2.24, 2.45) is 5.92 Å². The van der Waals surface area contributed by atoms with Crippen LogP contribution in [0.15, 0.2) is 47.5 Å². The van der Waals surface area contributed by atoms with Gasteiger partial charge in [-0.3, -0.25) is 19.2 Å². The molecule has 2 fully saturated rings. The Kier molecular flexibility index (Phi) is 7.58. The van der Waals surface area contributed by atoms with Gasteiger partial charge in [-0.25, -0.2) is 4.79 Å². The smallest absolute Gasteiger partial charge is 0.416 e. The molecule has 2 aliphatic heterocycles. The van der Waals surface area contributed by atoms with Crippen LogP contribution in [0.25, 0.3) is 17.0 Å². The van der Waals surface area contributed by atoms with E-state index in [1.165, 1.54) is 32.8 Å². The van der Waals surface area contributed by atoms with E-state index in [1.54, 1.807) is 45.0 Å². The highest BCUT2D eigenvalue weighted by Gasteiger charge is 2.41. The van der Waals surface area contributed by atoms with Crippen molar-refractivity contribution in [1.82, 2.24) is 19.6 Å². The van der Waals surface area contributed by atoms with Crippen LogP contribution in [0, 0.1) is 5.92 Å². The normalized spacial score (nSPS) is 17.6. The first kappa shape index (κ1) is 29.0. The molecule has 0 radical (unpaired) electrons. The second-order valence-corrected chi connectivity index (χ2v) is 12.4. The number of hydrogen-bond acceptors (Lipinski definition) is 6. The standard InChI is InChI=1S/C28H26ClF3N4O4S/c1-27(2,3)40-25(38)34-12-17(13-34)14-35-24(37)23(41-26(35)39)9-16-4-7-22-19(8-16)11-33-36(22)15-18-5-6-20(29)10-21(18)28(30,31)32/h4-11,17H,12-15H2,1-3H3. The molecule has 0 spiro atoms. The summed E-state index contributed by atoms with van der Waals surface area (Å²) in [6.07, 6.45) is -1.84. The summed E-state index contributed by atoms with van der Waals surface area (Å²) in [5.41, 5.74) is -0.137. The van der Waals surface area contributed by atoms with Crippen LogP contribution in [-0.2, 0) is 22.3 Å². The van der Waals surface area contributed by atoms with Gasteiger partial charge in [0, 0.05) is 36.0 Å². The molecule has 41 heavy (non-hydrogen) atoms. The van der Waals surface area contributed by atoms with E-state index in [1.807, 2.05) is 0 Å². The lowest BCUT2D eigenvalue weighted by molar-refractivity contribution is -0.138. The largest absolute Gasteiger partial charge is 0.444 e. The van der Waals surface area contributed by atoms with E-state index in [2.05, 4.69) is 5.10 Å². The summed E-state index contributed by atoms with van der Waals surface area (Å²) in [6.45, 7) is 6.25. The summed E-state index contributed by atoms with van der Waals surface area (Å²) in [6, 6.07) is 8.82. The molecule has 0 N–H and O–H groups in total. The molecule has 3 amide bonds. The number of hydrogen-bond donors (Lipinski definition) is 0. The third kappa shape index (κ3) is 6.38. The van der Waals surface area contributed by atoms with Crippen molar-refractivity contribution in [3.05, 3.63) is 69.2 Å². The zero-order valence-corrected chi connectivity index (χ0v) is 23.9. The maximum absolute atomic E-state index is 13.5. The number of imide groups is 1. The zero-order chi connectivity index (χ0) is 29.7. The van der Waals surface area contributed by atoms with Crippen molar-refractivity contribution in [3.8, 4) is 0 Å². The average molecular weight is 607 g/mol. The maximum Gasteiger partial charge on any atom is 0.416 e. The Morgan fingerprint density at radius 2 is 1.88 bits per heavy atom. The van der Waals surface area contributed by atoms with E-state index in [0.717, 1.165) is 17.8 Å². The maximum atomic E-state index is 13.5. The Balaban J connectivity index is 1.26. The van der Waals surface area contributed by atoms with Crippen LogP contribution in [0.3, 0.4) is 0 Å². The lowest BCUT2D eigenvalue weighted by atomic mass is 10.0. The van der Waals surface area contributed by atoms with Crippen molar-refractivity contribution in [2.45, 2.75) is 39.1 Å². The number of alkyl halides is 3. The second-order valence-electron chi connectivity index (χ2n) is 11.0. The van der Waals surface area contributed by atoms with E-state index in [4.69, 9.17) is 16.3 Å². The third-order valence-corrected chi connectivity index (χ3v) is 7.73. The number of amides is 3. The molecule has 0 unspecified atom stereocenters. The summed E-state index contributed by atoms with van der Waals surface area (Å²) in [4.78, 5) is 40.7. The molecule has 13 heteroatoms. The molecule has 2 aliphatic rings. The summed E-state index contributed by atoms with van der Waals surface area (Å²) in [5, 5.41) is 4.54. The lowest BCUT2D eigenvalue weighted by Gasteiger charge is -2.40. The highest BCUT2D eigenvalue weighted by atomic mass is 35.5. The Hall–Kier alpha value is -3.51. The van der Waals surface area contributed by atoms with Crippen LogP contribution >= 0.6 is 23.4 Å². The quantitative estimate of drug-likeness (QED) is 0.302. The van der Waals surface area contributed by atoms with Crippen LogP contribution in [0.1, 0.15) is 37.5 Å². The zero-order valence-electron chi connectivity index (χ0n) is 22.4. The van der Waals surface area contributed by atoms with E-state index in [9.17, 15) is 27.6 Å². The summed E-state index contributed by atoms with van der Waals surface area (Å²) < 4.78 is 47.4. The van der Waals surface area contributed by atoms with Crippen LogP contribution < -0.4 is 0 Å². The van der Waals surface area contributed by atoms with Crippen LogP contribution in [-0.4, -0.2) is 62.1 Å². The molecule has 1 aromatic heterocycles. The Labute approximate surface area is 243 Å². The Morgan fingerprint density at radius 3 is 2.56 bits per heavy atom. The van der Waals surface area contributed by atoms with Gasteiger partial charge in [0.2, 0.25) is 0 Å². The van der Waals surface area contributed by atoms with E-state index in [0.29, 0.717) is 29.6 Å². The topological polar surface area (TPSA) is 84.7 Å². The first-order chi connectivity index (χ1) is 19.2. The third-order valence-electron chi connectivity index (χ3n) is 6.58. The fourth-order valence-corrected chi connectivity index (χ4v) is 5.68. The molecular weight excluding hydrogens is 581 g/mol. The van der Waals surface area contributed by atoms with Crippen molar-refractivity contribution in [2.75, 3.05) is 19.6 Å². The molecule has 2 saturated heterocycles. The van der Waals surface area contributed by atoms with Gasteiger partial charge in [-0.1, -0.05) is 23.7 Å². The fraction of sp³-hybridized carbons (Fsp3) is 0.357. The van der Waals surface area contributed by atoms with Crippen molar-refractivity contribution < 1.29 is 32.3 Å². The van der Waals surface area contributed by atoms with E-state index in [-0.39, 0.29) is 39.7 Å². The van der Waals surface area contributed by atoms with Crippen molar-refractivity contribution >= 4 is 57.6 Å². The monoisotopic (exact) mass is 606 g/mol. The Bertz CT molecular complexity index is 1570. The number of thioether (sulfide) groups is 1. The van der Waals surface area contributed by atoms with Crippen LogP contribution in [0.2, 0.25) is 5.02 Å². The molecule has 3 aromatic rings. The molecule has 3 heterocycles. The molecule has 8 nitrogen and oxygen atoms in total. The number of likely N-dealkylation sites (tertiary alicyclic amines) is 1. The number of aromatic nitrogens is 2. The highest BCUT2D eigenvalue weighted by Crippen LogP contribution is 2.36. The van der Waals surface area contributed by atoms with E-state index >= 15 is 0 Å². The fourth-order valence-electron chi connectivity index (χ4n) is 4.66. The lowest BCUT2D eigenvalue weighted by Crippen LogP contribution is -2.55. The minimum Gasteiger partial charge on any atom is -0.444 e. The first-order valence-electron chi connectivity index (χ1n) is 12.7. The SMILES string of the molecule is CC(C)(C)OC(=O)N1CC(CN2C(=O)SC(=Cc3ccc4c(cnn4Cc4ccc(Cl)cc4C(F)(F)F)c3)C2=O)C1. The summed E-state index contributed by atoms with van der Waals surface area (Å²) in [5.74, 6) is -0.440. The van der Waals surface area contributed by atoms with Crippen LogP contribution in [0.4, 0.5) is 22.8 Å². The number of benzene rings is 2. The number of nitrogens with zero attached hydrogens (tertiary/aromatic N) is 4. The number of carbonyl (C=O) groups is 3. The van der Waals surface area contributed by atoms with Gasteiger partial charge in [0.1, 0.15) is 5.60 Å². The van der Waals surface area contributed by atoms with Gasteiger partial charge in [-0.2, -0.15) is 18.3 Å². The molecule has 0 atom stereocenters. The molecule has 0 saturated carbocycles.